The molecule has 8 heteroatoms. The van der Waals surface area contributed by atoms with E-state index in [0.29, 0.717) is 49.1 Å². The zero-order chi connectivity index (χ0) is 20.9. The van der Waals surface area contributed by atoms with E-state index in [1.807, 2.05) is 11.0 Å². The molecule has 2 aliphatic rings. The number of nitrogens with zero attached hydrogens (tertiary/aromatic N) is 3. The second-order valence-electron chi connectivity index (χ2n) is 8.08. The third-order valence-electron chi connectivity index (χ3n) is 5.99. The van der Waals surface area contributed by atoms with Gasteiger partial charge in [-0.2, -0.15) is 13.2 Å². The van der Waals surface area contributed by atoms with Crippen LogP contribution >= 0.6 is 0 Å². The van der Waals surface area contributed by atoms with Gasteiger partial charge in [-0.25, -0.2) is 0 Å². The third kappa shape index (κ3) is 3.55. The van der Waals surface area contributed by atoms with Gasteiger partial charge in [0.25, 0.3) is 5.91 Å². The molecule has 5 nitrogen and oxygen atoms in total. The fourth-order valence-electron chi connectivity index (χ4n) is 4.12. The van der Waals surface area contributed by atoms with Gasteiger partial charge in [0.15, 0.2) is 5.58 Å². The first-order valence-corrected chi connectivity index (χ1v) is 10.2. The fraction of sp³-hybridized carbons (Fsp3) is 0.409. The standard InChI is InChI=1S/C22H22F3N3O2/c23-22(24,25)16-2-1-3-17(12-16)26-7-9-27(10-8-26)21(29)19-13-20-18(6-11-30-20)28(19)14-15-4-5-15/h1-3,6,11-13,15H,4-5,7-10,14H2. The van der Waals surface area contributed by atoms with E-state index >= 15 is 0 Å². The number of piperazine rings is 1. The average Bonchev–Trinajstić information content (AvgIpc) is 3.33. The van der Waals surface area contributed by atoms with Crippen molar-refractivity contribution in [3.8, 4) is 0 Å². The Kier molecular flexibility index (Phi) is 4.52. The van der Waals surface area contributed by atoms with E-state index in [9.17, 15) is 18.0 Å². The largest absolute Gasteiger partial charge is 0.463 e. The summed E-state index contributed by atoms with van der Waals surface area (Å²) in [5, 5.41) is 0. The summed E-state index contributed by atoms with van der Waals surface area (Å²) in [5.41, 5.74) is 2.16. The third-order valence-corrected chi connectivity index (χ3v) is 5.99. The van der Waals surface area contributed by atoms with Gasteiger partial charge in [0, 0.05) is 50.5 Å². The van der Waals surface area contributed by atoms with Crippen molar-refractivity contribution in [2.75, 3.05) is 31.1 Å². The lowest BCUT2D eigenvalue weighted by Gasteiger charge is -2.36. The molecule has 158 valence electrons. The van der Waals surface area contributed by atoms with Crippen LogP contribution in [0.5, 0.6) is 0 Å². The van der Waals surface area contributed by atoms with Crippen molar-refractivity contribution in [2.24, 2.45) is 5.92 Å². The minimum Gasteiger partial charge on any atom is -0.463 e. The molecular formula is C22H22F3N3O2. The lowest BCUT2D eigenvalue weighted by molar-refractivity contribution is -0.137. The van der Waals surface area contributed by atoms with Crippen molar-refractivity contribution in [2.45, 2.75) is 25.6 Å². The summed E-state index contributed by atoms with van der Waals surface area (Å²) in [6.45, 7) is 2.73. The number of benzene rings is 1. The maximum absolute atomic E-state index is 13.2. The molecule has 0 atom stereocenters. The van der Waals surface area contributed by atoms with Crippen LogP contribution in [0.1, 0.15) is 28.9 Å². The van der Waals surface area contributed by atoms with Gasteiger partial charge >= 0.3 is 6.18 Å². The van der Waals surface area contributed by atoms with Crippen LogP contribution in [0.15, 0.2) is 47.1 Å². The molecule has 1 amide bonds. The molecule has 5 rings (SSSR count). The SMILES string of the molecule is O=C(c1cc2occc2n1CC1CC1)N1CCN(c2cccc(C(F)(F)F)c2)CC1. The predicted molar refractivity (Wildman–Crippen MR) is 106 cm³/mol. The first kappa shape index (κ1) is 19.1. The fourth-order valence-corrected chi connectivity index (χ4v) is 4.12. The summed E-state index contributed by atoms with van der Waals surface area (Å²) in [5.74, 6) is 0.561. The quantitative estimate of drug-likeness (QED) is 0.622. The predicted octanol–water partition coefficient (Wildman–Crippen LogP) is 4.63. The van der Waals surface area contributed by atoms with Crippen LogP contribution in [-0.4, -0.2) is 41.6 Å². The van der Waals surface area contributed by atoms with Crippen molar-refractivity contribution in [1.29, 1.82) is 0 Å². The van der Waals surface area contributed by atoms with Crippen molar-refractivity contribution in [3.05, 3.63) is 53.9 Å². The van der Waals surface area contributed by atoms with Gasteiger partial charge in [-0.05, 0) is 37.0 Å². The maximum Gasteiger partial charge on any atom is 0.416 e. The van der Waals surface area contributed by atoms with Crippen molar-refractivity contribution >= 4 is 22.7 Å². The normalized spacial score (nSPS) is 17.7. The Balaban J connectivity index is 1.31. The summed E-state index contributed by atoms with van der Waals surface area (Å²) in [7, 11) is 0. The number of carbonyl (C=O) groups is 1. The zero-order valence-corrected chi connectivity index (χ0v) is 16.4. The van der Waals surface area contributed by atoms with Crippen LogP contribution in [-0.2, 0) is 12.7 Å². The number of carbonyl (C=O) groups excluding carboxylic acids is 1. The maximum atomic E-state index is 13.2. The minimum atomic E-state index is -4.36. The highest BCUT2D eigenvalue weighted by Crippen LogP contribution is 2.34. The molecule has 0 bridgehead atoms. The van der Waals surface area contributed by atoms with Gasteiger partial charge in [0.05, 0.1) is 17.3 Å². The Bertz CT molecular complexity index is 1070. The average molecular weight is 417 g/mol. The number of anilines is 1. The van der Waals surface area contributed by atoms with Crippen molar-refractivity contribution in [1.82, 2.24) is 9.47 Å². The Labute approximate surface area is 171 Å². The number of fused-ring (bicyclic) bond motifs is 1. The Morgan fingerprint density at radius 3 is 2.53 bits per heavy atom. The Morgan fingerprint density at radius 1 is 1.07 bits per heavy atom. The summed E-state index contributed by atoms with van der Waals surface area (Å²) in [6.07, 6.45) is -0.366. The first-order valence-electron chi connectivity index (χ1n) is 10.2. The number of hydrogen-bond acceptors (Lipinski definition) is 3. The summed E-state index contributed by atoms with van der Waals surface area (Å²) >= 11 is 0. The highest BCUT2D eigenvalue weighted by molar-refractivity contribution is 5.97. The molecule has 0 unspecified atom stereocenters. The van der Waals surface area contributed by atoms with E-state index in [-0.39, 0.29) is 5.91 Å². The molecule has 0 radical (unpaired) electrons. The molecule has 3 heterocycles. The molecule has 1 saturated carbocycles. The number of hydrogen-bond donors (Lipinski definition) is 0. The number of aromatic nitrogens is 1. The Hall–Kier alpha value is -2.90. The molecule has 30 heavy (non-hydrogen) atoms. The monoisotopic (exact) mass is 417 g/mol. The molecule has 2 aromatic heterocycles. The van der Waals surface area contributed by atoms with Gasteiger partial charge in [0.2, 0.25) is 0 Å². The van der Waals surface area contributed by atoms with Crippen LogP contribution < -0.4 is 4.90 Å². The van der Waals surface area contributed by atoms with E-state index in [1.54, 1.807) is 23.3 Å². The van der Waals surface area contributed by atoms with Gasteiger partial charge in [-0.3, -0.25) is 4.79 Å². The smallest absolute Gasteiger partial charge is 0.416 e. The van der Waals surface area contributed by atoms with E-state index in [0.717, 1.165) is 18.1 Å². The van der Waals surface area contributed by atoms with E-state index in [1.165, 1.54) is 25.0 Å². The minimum absolute atomic E-state index is 0.0502. The highest BCUT2D eigenvalue weighted by atomic mass is 19.4. The summed E-state index contributed by atoms with van der Waals surface area (Å²) in [6, 6.07) is 9.05. The van der Waals surface area contributed by atoms with Crippen LogP contribution in [0.3, 0.4) is 0 Å². The second kappa shape index (κ2) is 7.11. The molecule has 3 aromatic rings. The van der Waals surface area contributed by atoms with E-state index < -0.39 is 11.7 Å². The molecule has 1 saturated heterocycles. The molecule has 0 N–H and O–H groups in total. The zero-order valence-electron chi connectivity index (χ0n) is 16.4. The molecule has 0 spiro atoms. The lowest BCUT2D eigenvalue weighted by Crippen LogP contribution is -2.49. The lowest BCUT2D eigenvalue weighted by atomic mass is 10.1. The highest BCUT2D eigenvalue weighted by Gasteiger charge is 2.32. The number of rotatable bonds is 4. The summed E-state index contributed by atoms with van der Waals surface area (Å²) in [4.78, 5) is 16.9. The number of amides is 1. The second-order valence-corrected chi connectivity index (χ2v) is 8.08. The van der Waals surface area contributed by atoms with Crippen molar-refractivity contribution in [3.63, 3.8) is 0 Å². The molecular weight excluding hydrogens is 395 g/mol. The van der Waals surface area contributed by atoms with E-state index in [2.05, 4.69) is 4.57 Å². The van der Waals surface area contributed by atoms with Crippen LogP contribution in [0.4, 0.5) is 18.9 Å². The van der Waals surface area contributed by atoms with Crippen LogP contribution in [0.25, 0.3) is 11.1 Å². The van der Waals surface area contributed by atoms with E-state index in [4.69, 9.17) is 4.42 Å². The number of halogens is 3. The molecule has 1 aliphatic heterocycles. The van der Waals surface area contributed by atoms with Gasteiger partial charge < -0.3 is 18.8 Å². The van der Waals surface area contributed by atoms with Crippen LogP contribution in [0.2, 0.25) is 0 Å². The van der Waals surface area contributed by atoms with Gasteiger partial charge in [-0.1, -0.05) is 6.07 Å². The molecule has 1 aliphatic carbocycles. The topological polar surface area (TPSA) is 41.6 Å². The van der Waals surface area contributed by atoms with Gasteiger partial charge in [0.1, 0.15) is 5.69 Å². The molecule has 1 aromatic carbocycles. The molecule has 2 fully saturated rings. The van der Waals surface area contributed by atoms with Gasteiger partial charge in [-0.15, -0.1) is 0 Å². The first-order chi connectivity index (χ1) is 14.4. The Morgan fingerprint density at radius 2 is 1.83 bits per heavy atom. The number of furan rings is 1. The summed E-state index contributed by atoms with van der Waals surface area (Å²) < 4.78 is 46.6. The van der Waals surface area contributed by atoms with Crippen LogP contribution in [0, 0.1) is 5.92 Å². The van der Waals surface area contributed by atoms with Crippen molar-refractivity contribution < 1.29 is 22.4 Å². The number of alkyl halides is 3.